The van der Waals surface area contributed by atoms with E-state index in [9.17, 15) is 4.79 Å². The highest BCUT2D eigenvalue weighted by Crippen LogP contribution is 2.27. The fourth-order valence-corrected chi connectivity index (χ4v) is 4.57. The second-order valence-electron chi connectivity index (χ2n) is 8.63. The topological polar surface area (TPSA) is 37.7 Å². The Kier molecular flexibility index (Phi) is 7.36. The zero-order valence-corrected chi connectivity index (χ0v) is 18.8. The standard InChI is InChI=1S/C24H37N3O2/c1-6-26(7-2)20-9-11-21(12-10-20)29-24(28)27-17-19(14-15-25(4)5)22-16-18(3)8-13-23(22)27/h8,13,16-17,20-21H,6-7,9-12,14-15H2,1-5H3. The number of aromatic nitrogens is 1. The van der Waals surface area contributed by atoms with Crippen LogP contribution < -0.4 is 0 Å². The number of likely N-dealkylation sites (N-methyl/N-ethyl adjacent to an activating group) is 1. The van der Waals surface area contributed by atoms with Gasteiger partial charge in [-0.25, -0.2) is 4.79 Å². The van der Waals surface area contributed by atoms with E-state index in [0.717, 1.165) is 62.6 Å². The number of aryl methyl sites for hydroxylation is 1. The van der Waals surface area contributed by atoms with E-state index in [-0.39, 0.29) is 12.2 Å². The van der Waals surface area contributed by atoms with Crippen molar-refractivity contribution in [2.45, 2.75) is 65.0 Å². The predicted molar refractivity (Wildman–Crippen MR) is 120 cm³/mol. The lowest BCUT2D eigenvalue weighted by Crippen LogP contribution is -2.39. The molecule has 2 aromatic rings. The Morgan fingerprint density at radius 2 is 1.83 bits per heavy atom. The van der Waals surface area contributed by atoms with Crippen molar-refractivity contribution in [3.8, 4) is 0 Å². The lowest BCUT2D eigenvalue weighted by atomic mass is 9.92. The van der Waals surface area contributed by atoms with E-state index in [2.05, 4.69) is 56.8 Å². The number of hydrogen-bond donors (Lipinski definition) is 0. The molecule has 3 rings (SSSR count). The van der Waals surface area contributed by atoms with Gasteiger partial charge in [0.1, 0.15) is 6.10 Å². The Balaban J connectivity index is 1.71. The Morgan fingerprint density at radius 1 is 1.14 bits per heavy atom. The molecule has 1 aliphatic rings. The first-order chi connectivity index (χ1) is 13.9. The van der Waals surface area contributed by atoms with Gasteiger partial charge in [0.05, 0.1) is 5.52 Å². The number of fused-ring (bicyclic) bond motifs is 1. The quantitative estimate of drug-likeness (QED) is 0.677. The fourth-order valence-electron chi connectivity index (χ4n) is 4.57. The van der Waals surface area contributed by atoms with Crippen molar-refractivity contribution < 1.29 is 9.53 Å². The zero-order valence-electron chi connectivity index (χ0n) is 18.8. The van der Waals surface area contributed by atoms with Gasteiger partial charge in [-0.15, -0.1) is 0 Å². The van der Waals surface area contributed by atoms with Gasteiger partial charge in [0.25, 0.3) is 0 Å². The first-order valence-corrected chi connectivity index (χ1v) is 11.1. The summed E-state index contributed by atoms with van der Waals surface area (Å²) in [5.74, 6) is 0. The molecule has 0 bridgehead atoms. The first kappa shape index (κ1) is 21.8. The molecular formula is C24H37N3O2. The van der Waals surface area contributed by atoms with Crippen molar-refractivity contribution in [3.63, 3.8) is 0 Å². The molecule has 5 nitrogen and oxygen atoms in total. The minimum atomic E-state index is -0.235. The molecule has 29 heavy (non-hydrogen) atoms. The van der Waals surface area contributed by atoms with Crippen LogP contribution in [0.5, 0.6) is 0 Å². The highest BCUT2D eigenvalue weighted by Gasteiger charge is 2.27. The van der Waals surface area contributed by atoms with Crippen molar-refractivity contribution in [1.82, 2.24) is 14.4 Å². The van der Waals surface area contributed by atoms with Gasteiger partial charge in [0, 0.05) is 24.2 Å². The minimum Gasteiger partial charge on any atom is -0.446 e. The molecule has 1 aromatic carbocycles. The van der Waals surface area contributed by atoms with E-state index in [0.29, 0.717) is 6.04 Å². The van der Waals surface area contributed by atoms with E-state index >= 15 is 0 Å². The maximum absolute atomic E-state index is 13.0. The van der Waals surface area contributed by atoms with Gasteiger partial charge in [0.2, 0.25) is 0 Å². The predicted octanol–water partition coefficient (Wildman–Crippen LogP) is 4.69. The Morgan fingerprint density at radius 3 is 2.45 bits per heavy atom. The normalized spacial score (nSPS) is 20.0. The Hall–Kier alpha value is -1.85. The number of benzene rings is 1. The van der Waals surface area contributed by atoms with Crippen molar-refractivity contribution in [3.05, 3.63) is 35.5 Å². The van der Waals surface area contributed by atoms with E-state index < -0.39 is 0 Å². The summed E-state index contributed by atoms with van der Waals surface area (Å²) in [5.41, 5.74) is 3.37. The monoisotopic (exact) mass is 399 g/mol. The molecule has 0 atom stereocenters. The zero-order chi connectivity index (χ0) is 21.0. The van der Waals surface area contributed by atoms with Gasteiger partial charge in [-0.1, -0.05) is 25.5 Å². The van der Waals surface area contributed by atoms with Crippen LogP contribution in [0.1, 0.15) is 50.7 Å². The molecule has 1 fully saturated rings. The van der Waals surface area contributed by atoms with Crippen molar-refractivity contribution in [2.24, 2.45) is 0 Å². The average molecular weight is 400 g/mol. The molecule has 0 N–H and O–H groups in total. The summed E-state index contributed by atoms with van der Waals surface area (Å²) in [6.45, 7) is 9.69. The van der Waals surface area contributed by atoms with Crippen LogP contribution in [-0.2, 0) is 11.2 Å². The number of carbonyl (C=O) groups excluding carboxylic acids is 1. The van der Waals surface area contributed by atoms with Crippen LogP contribution in [0.3, 0.4) is 0 Å². The summed E-state index contributed by atoms with van der Waals surface area (Å²) in [6, 6.07) is 6.92. The molecule has 160 valence electrons. The van der Waals surface area contributed by atoms with Gasteiger partial charge in [-0.05, 0) is 83.9 Å². The van der Waals surface area contributed by atoms with Crippen molar-refractivity contribution >= 4 is 17.0 Å². The van der Waals surface area contributed by atoms with Gasteiger partial charge in [-0.3, -0.25) is 4.57 Å². The molecule has 0 aliphatic heterocycles. The van der Waals surface area contributed by atoms with Crippen LogP contribution in [0.15, 0.2) is 24.4 Å². The summed E-state index contributed by atoms with van der Waals surface area (Å²) in [6.07, 6.45) is 6.83. The van der Waals surface area contributed by atoms with Crippen LogP contribution in [0.25, 0.3) is 10.9 Å². The third-order valence-electron chi connectivity index (χ3n) is 6.31. The summed E-state index contributed by atoms with van der Waals surface area (Å²) >= 11 is 0. The Labute approximate surface area is 175 Å². The summed E-state index contributed by atoms with van der Waals surface area (Å²) in [4.78, 5) is 17.7. The molecule has 1 aromatic heterocycles. The van der Waals surface area contributed by atoms with E-state index in [4.69, 9.17) is 4.74 Å². The second-order valence-corrected chi connectivity index (χ2v) is 8.63. The molecule has 0 saturated heterocycles. The van der Waals surface area contributed by atoms with Crippen LogP contribution >= 0.6 is 0 Å². The Bertz CT molecular complexity index is 815. The van der Waals surface area contributed by atoms with Crippen molar-refractivity contribution in [1.29, 1.82) is 0 Å². The number of carbonyl (C=O) groups is 1. The van der Waals surface area contributed by atoms with Crippen LogP contribution in [0.4, 0.5) is 4.79 Å². The van der Waals surface area contributed by atoms with Crippen LogP contribution in [0.2, 0.25) is 0 Å². The van der Waals surface area contributed by atoms with Crippen LogP contribution in [-0.4, -0.2) is 66.3 Å². The highest BCUT2D eigenvalue weighted by molar-refractivity contribution is 5.92. The maximum Gasteiger partial charge on any atom is 0.418 e. The molecule has 0 amide bonds. The molecule has 5 heteroatoms. The van der Waals surface area contributed by atoms with Gasteiger partial charge in [0.15, 0.2) is 0 Å². The minimum absolute atomic E-state index is 0.0300. The van der Waals surface area contributed by atoms with E-state index in [1.807, 2.05) is 12.3 Å². The van der Waals surface area contributed by atoms with Gasteiger partial charge < -0.3 is 14.5 Å². The van der Waals surface area contributed by atoms with Crippen molar-refractivity contribution in [2.75, 3.05) is 33.7 Å². The van der Waals surface area contributed by atoms with E-state index in [1.54, 1.807) is 4.57 Å². The molecule has 0 spiro atoms. The smallest absolute Gasteiger partial charge is 0.418 e. The summed E-state index contributed by atoms with van der Waals surface area (Å²) in [5, 5.41) is 1.16. The molecule has 1 saturated carbocycles. The highest BCUT2D eigenvalue weighted by atomic mass is 16.6. The second kappa shape index (κ2) is 9.77. The lowest BCUT2D eigenvalue weighted by molar-refractivity contribution is 0.0511. The fraction of sp³-hybridized carbons (Fsp3) is 0.625. The SMILES string of the molecule is CCN(CC)C1CCC(OC(=O)n2cc(CCN(C)C)c3cc(C)ccc32)CC1. The van der Waals surface area contributed by atoms with Crippen LogP contribution in [0, 0.1) is 6.92 Å². The lowest BCUT2D eigenvalue weighted by Gasteiger charge is -2.35. The number of ether oxygens (including phenoxy) is 1. The number of nitrogens with zero attached hydrogens (tertiary/aromatic N) is 3. The third kappa shape index (κ3) is 5.20. The van der Waals surface area contributed by atoms with Gasteiger partial charge >= 0.3 is 6.09 Å². The van der Waals surface area contributed by atoms with E-state index in [1.165, 1.54) is 11.1 Å². The first-order valence-electron chi connectivity index (χ1n) is 11.1. The molecule has 1 heterocycles. The summed E-state index contributed by atoms with van der Waals surface area (Å²) < 4.78 is 7.66. The molecule has 0 unspecified atom stereocenters. The molecular weight excluding hydrogens is 362 g/mol. The maximum atomic E-state index is 13.0. The largest absolute Gasteiger partial charge is 0.446 e. The van der Waals surface area contributed by atoms with Gasteiger partial charge in [-0.2, -0.15) is 0 Å². The number of hydrogen-bond acceptors (Lipinski definition) is 4. The molecule has 0 radical (unpaired) electrons. The molecule has 1 aliphatic carbocycles. The summed E-state index contributed by atoms with van der Waals surface area (Å²) in [7, 11) is 4.15. The number of rotatable bonds is 7. The average Bonchev–Trinajstić information content (AvgIpc) is 3.06. The third-order valence-corrected chi connectivity index (χ3v) is 6.31.